The molecule has 0 spiro atoms. The number of carbonyl (C=O) groups excluding carboxylic acids is 2. The third kappa shape index (κ3) is 8.30. The summed E-state index contributed by atoms with van der Waals surface area (Å²) in [6.07, 6.45) is 0.214. The van der Waals surface area contributed by atoms with Crippen LogP contribution in [-0.4, -0.2) is 51.0 Å². The number of amides is 1. The molecule has 0 aliphatic rings. The molecule has 9 heteroatoms. The van der Waals surface area contributed by atoms with Crippen LogP contribution in [-0.2, 0) is 30.2 Å². The van der Waals surface area contributed by atoms with E-state index >= 15 is 0 Å². The van der Waals surface area contributed by atoms with Gasteiger partial charge in [0.15, 0.2) is 0 Å². The molecule has 0 saturated carbocycles. The van der Waals surface area contributed by atoms with Crippen molar-refractivity contribution >= 4 is 46.4 Å². The molecule has 1 amide bonds. The monoisotopic (exact) mass is 397 g/mol. The molecule has 0 aromatic carbocycles. The van der Waals surface area contributed by atoms with Gasteiger partial charge in [-0.2, -0.15) is 0 Å². The summed E-state index contributed by atoms with van der Waals surface area (Å²) in [6.45, 7) is 5.15. The molecular weight excluding hydrogens is 377 g/mol. The van der Waals surface area contributed by atoms with Gasteiger partial charge in [-0.1, -0.05) is 23.2 Å². The molecule has 1 unspecified atom stereocenters. The maximum Gasteiger partial charge on any atom is 0.329 e. The van der Waals surface area contributed by atoms with Crippen molar-refractivity contribution in [1.82, 2.24) is 5.32 Å². The van der Waals surface area contributed by atoms with Crippen molar-refractivity contribution in [2.24, 2.45) is 0 Å². The Labute approximate surface area is 155 Å². The van der Waals surface area contributed by atoms with Gasteiger partial charge in [-0.3, -0.25) is 4.79 Å². The highest BCUT2D eigenvalue weighted by atomic mass is 35.5. The van der Waals surface area contributed by atoms with Crippen molar-refractivity contribution in [2.45, 2.75) is 26.3 Å². The maximum atomic E-state index is 12.1. The molecule has 1 N–H and O–H groups in total. The number of halogens is 2. The van der Waals surface area contributed by atoms with Crippen molar-refractivity contribution in [3.63, 3.8) is 0 Å². The molecule has 1 aromatic rings. The molecule has 0 aliphatic carbocycles. The number of esters is 1. The lowest BCUT2D eigenvalue weighted by molar-refractivity contribution is -0.149. The third-order valence-corrected chi connectivity index (χ3v) is 4.43. The molecule has 24 heavy (non-hydrogen) atoms. The van der Waals surface area contributed by atoms with Gasteiger partial charge in [0, 0.05) is 20.0 Å². The normalized spacial score (nSPS) is 12.0. The smallest absolute Gasteiger partial charge is 0.329 e. The molecule has 0 saturated heterocycles. The van der Waals surface area contributed by atoms with Crippen molar-refractivity contribution in [2.75, 3.05) is 33.0 Å². The molecule has 0 radical (unpaired) electrons. The first-order valence-electron chi connectivity index (χ1n) is 7.47. The van der Waals surface area contributed by atoms with Gasteiger partial charge < -0.3 is 19.5 Å². The van der Waals surface area contributed by atoms with E-state index < -0.39 is 12.0 Å². The second-order valence-electron chi connectivity index (χ2n) is 4.78. The summed E-state index contributed by atoms with van der Waals surface area (Å²) in [6, 6.07) is 0.849. The van der Waals surface area contributed by atoms with E-state index in [2.05, 4.69) is 5.32 Å². The van der Waals surface area contributed by atoms with Gasteiger partial charge in [0.1, 0.15) is 12.6 Å². The molecule has 1 rings (SSSR count). The Hall–Kier alpha value is -0.860. The number of hydrogen-bond donors (Lipinski definition) is 1. The van der Waals surface area contributed by atoms with Crippen LogP contribution >= 0.6 is 34.5 Å². The standard InChI is InChI=1S/C15H21Cl2NO5S/c1-3-21-4-5-22-6-7-23-15(20)12(18-10(2)19)8-11-9-13(16)24-14(11)17/h9,12H,3-8H2,1-2H3,(H,18,19). The van der Waals surface area contributed by atoms with Crippen LogP contribution in [0.4, 0.5) is 0 Å². The molecule has 1 heterocycles. The minimum absolute atomic E-state index is 0.0964. The molecule has 6 nitrogen and oxygen atoms in total. The van der Waals surface area contributed by atoms with Gasteiger partial charge in [0.2, 0.25) is 5.91 Å². The van der Waals surface area contributed by atoms with Crippen molar-refractivity contribution in [1.29, 1.82) is 0 Å². The first-order chi connectivity index (χ1) is 11.4. The predicted molar refractivity (Wildman–Crippen MR) is 93.9 cm³/mol. The maximum absolute atomic E-state index is 12.1. The molecule has 136 valence electrons. The van der Waals surface area contributed by atoms with Crippen LogP contribution in [0.5, 0.6) is 0 Å². The minimum Gasteiger partial charge on any atom is -0.462 e. The van der Waals surface area contributed by atoms with E-state index in [-0.39, 0.29) is 25.5 Å². The zero-order chi connectivity index (χ0) is 17.9. The third-order valence-electron chi connectivity index (χ3n) is 2.86. The van der Waals surface area contributed by atoms with Gasteiger partial charge in [0.05, 0.1) is 28.5 Å². The molecule has 0 bridgehead atoms. The average molecular weight is 398 g/mol. The quantitative estimate of drug-likeness (QED) is 0.458. The fourth-order valence-corrected chi connectivity index (χ4v) is 3.35. The fraction of sp³-hybridized carbons (Fsp3) is 0.600. The summed E-state index contributed by atoms with van der Waals surface area (Å²) < 4.78 is 16.5. The van der Waals surface area contributed by atoms with Gasteiger partial charge >= 0.3 is 5.97 Å². The second-order valence-corrected chi connectivity index (χ2v) is 7.07. The van der Waals surface area contributed by atoms with Crippen LogP contribution in [0.1, 0.15) is 19.4 Å². The number of ether oxygens (including phenoxy) is 3. The predicted octanol–water partition coefficient (Wildman–Crippen LogP) is 2.70. The average Bonchev–Trinajstić information content (AvgIpc) is 2.82. The Kier molecular flexibility index (Phi) is 10.3. The van der Waals surface area contributed by atoms with Crippen molar-refractivity contribution in [3.05, 3.63) is 20.3 Å². The SMILES string of the molecule is CCOCCOCCOC(=O)C(Cc1cc(Cl)sc1Cl)NC(C)=O. The van der Waals surface area contributed by atoms with E-state index in [1.807, 2.05) is 6.92 Å². The highest BCUT2D eigenvalue weighted by Gasteiger charge is 2.23. The molecule has 0 aliphatic heterocycles. The van der Waals surface area contributed by atoms with Crippen molar-refractivity contribution in [3.8, 4) is 0 Å². The number of rotatable bonds is 11. The molecule has 1 aromatic heterocycles. The Balaban J connectivity index is 2.44. The summed E-state index contributed by atoms with van der Waals surface area (Å²) in [5.41, 5.74) is 0.690. The fourth-order valence-electron chi connectivity index (χ4n) is 1.84. The summed E-state index contributed by atoms with van der Waals surface area (Å²) in [4.78, 5) is 23.4. The largest absolute Gasteiger partial charge is 0.462 e. The summed E-state index contributed by atoms with van der Waals surface area (Å²) in [5.74, 6) is -0.876. The number of nitrogens with one attached hydrogen (secondary N) is 1. The van der Waals surface area contributed by atoms with Crippen LogP contribution in [0.2, 0.25) is 8.67 Å². The van der Waals surface area contributed by atoms with E-state index in [4.69, 9.17) is 37.4 Å². The lowest BCUT2D eigenvalue weighted by atomic mass is 10.1. The Morgan fingerprint density at radius 3 is 2.46 bits per heavy atom. The lowest BCUT2D eigenvalue weighted by Crippen LogP contribution is -2.42. The Morgan fingerprint density at radius 1 is 1.21 bits per heavy atom. The second kappa shape index (κ2) is 11.7. The summed E-state index contributed by atoms with van der Waals surface area (Å²) >= 11 is 13.2. The van der Waals surface area contributed by atoms with Gasteiger partial charge in [0.25, 0.3) is 0 Å². The molecule has 0 fully saturated rings. The number of hydrogen-bond acceptors (Lipinski definition) is 6. The van der Waals surface area contributed by atoms with Crippen molar-refractivity contribution < 1.29 is 23.8 Å². The Bertz CT molecular complexity index is 538. The highest BCUT2D eigenvalue weighted by molar-refractivity contribution is 7.20. The number of carbonyl (C=O) groups is 2. The van der Waals surface area contributed by atoms with Crippen LogP contribution in [0.3, 0.4) is 0 Å². The number of thiophene rings is 1. The van der Waals surface area contributed by atoms with Crippen LogP contribution < -0.4 is 5.32 Å². The summed E-state index contributed by atoms with van der Waals surface area (Å²) in [5, 5.41) is 2.56. The molecular formula is C15H21Cl2NO5S. The van der Waals surface area contributed by atoms with E-state index in [0.717, 1.165) is 0 Å². The highest BCUT2D eigenvalue weighted by Crippen LogP contribution is 2.32. The zero-order valence-corrected chi connectivity index (χ0v) is 15.9. The topological polar surface area (TPSA) is 73.9 Å². The van der Waals surface area contributed by atoms with E-state index in [0.29, 0.717) is 34.1 Å². The van der Waals surface area contributed by atoms with Gasteiger partial charge in [-0.15, -0.1) is 11.3 Å². The van der Waals surface area contributed by atoms with Gasteiger partial charge in [-0.25, -0.2) is 4.79 Å². The first-order valence-corrected chi connectivity index (χ1v) is 9.04. The molecule has 1 atom stereocenters. The van der Waals surface area contributed by atoms with Crippen LogP contribution in [0, 0.1) is 0 Å². The van der Waals surface area contributed by atoms with E-state index in [9.17, 15) is 9.59 Å². The van der Waals surface area contributed by atoms with E-state index in [1.54, 1.807) is 6.07 Å². The lowest BCUT2D eigenvalue weighted by Gasteiger charge is -2.16. The van der Waals surface area contributed by atoms with Crippen LogP contribution in [0.15, 0.2) is 6.07 Å². The van der Waals surface area contributed by atoms with Gasteiger partial charge in [-0.05, 0) is 18.6 Å². The summed E-state index contributed by atoms with van der Waals surface area (Å²) in [7, 11) is 0. The Morgan fingerprint density at radius 2 is 1.88 bits per heavy atom. The minimum atomic E-state index is -0.825. The first kappa shape index (κ1) is 21.2. The van der Waals surface area contributed by atoms with Crippen LogP contribution in [0.25, 0.3) is 0 Å². The van der Waals surface area contributed by atoms with E-state index in [1.165, 1.54) is 18.3 Å². The zero-order valence-electron chi connectivity index (χ0n) is 13.6.